The zero-order chi connectivity index (χ0) is 9.97. The van der Waals surface area contributed by atoms with Gasteiger partial charge in [0.2, 0.25) is 0 Å². The molecule has 0 radical (unpaired) electrons. The van der Waals surface area contributed by atoms with Gasteiger partial charge in [0.05, 0.1) is 12.4 Å². The summed E-state index contributed by atoms with van der Waals surface area (Å²) in [7, 11) is 0. The number of halogens is 1. The normalized spacial score (nSPS) is 10.1. The highest BCUT2D eigenvalue weighted by atomic mass is 19.1. The van der Waals surface area contributed by atoms with Crippen LogP contribution in [0.1, 0.15) is 10.4 Å². The van der Waals surface area contributed by atoms with Crippen molar-refractivity contribution in [2.45, 2.75) is 0 Å². The number of carbonyl (C=O) groups excluding carboxylic acids is 1. The van der Waals surface area contributed by atoms with E-state index in [-0.39, 0.29) is 0 Å². The standard InChI is InChI=1S/C9H6FN3O/c10-8-4-12-13(5-8)9-2-1-7(6-14)3-11-9/h1-6H. The van der Waals surface area contributed by atoms with Crippen molar-refractivity contribution in [3.8, 4) is 5.82 Å². The first-order valence-electron chi connectivity index (χ1n) is 3.91. The van der Waals surface area contributed by atoms with Crippen LogP contribution in [0.15, 0.2) is 30.7 Å². The summed E-state index contributed by atoms with van der Waals surface area (Å²) in [6, 6.07) is 3.19. The van der Waals surface area contributed by atoms with Crippen LogP contribution in [0.4, 0.5) is 4.39 Å². The molecule has 0 atom stereocenters. The summed E-state index contributed by atoms with van der Waals surface area (Å²) in [5.74, 6) is 0.0470. The lowest BCUT2D eigenvalue weighted by molar-refractivity contribution is 0.112. The molecule has 70 valence electrons. The van der Waals surface area contributed by atoms with Gasteiger partial charge in [0, 0.05) is 11.8 Å². The van der Waals surface area contributed by atoms with Crippen molar-refractivity contribution in [1.29, 1.82) is 0 Å². The predicted molar refractivity (Wildman–Crippen MR) is 46.7 cm³/mol. The monoisotopic (exact) mass is 191 g/mol. The van der Waals surface area contributed by atoms with Crippen molar-refractivity contribution >= 4 is 6.29 Å². The molecule has 2 heterocycles. The number of aromatic nitrogens is 3. The number of carbonyl (C=O) groups is 1. The molecule has 0 bridgehead atoms. The summed E-state index contributed by atoms with van der Waals surface area (Å²) in [6.07, 6.45) is 4.40. The predicted octanol–water partition coefficient (Wildman–Crippen LogP) is 1.22. The van der Waals surface area contributed by atoms with E-state index in [2.05, 4.69) is 10.1 Å². The second kappa shape index (κ2) is 3.37. The lowest BCUT2D eigenvalue weighted by Gasteiger charge is -1.98. The second-order valence-corrected chi connectivity index (χ2v) is 2.67. The lowest BCUT2D eigenvalue weighted by atomic mass is 10.3. The summed E-state index contributed by atoms with van der Waals surface area (Å²) < 4.78 is 13.9. The molecule has 0 N–H and O–H groups in total. The van der Waals surface area contributed by atoms with E-state index in [0.29, 0.717) is 17.7 Å². The van der Waals surface area contributed by atoms with Crippen LogP contribution in [-0.2, 0) is 0 Å². The van der Waals surface area contributed by atoms with E-state index >= 15 is 0 Å². The molecule has 4 nitrogen and oxygen atoms in total. The molecule has 2 rings (SSSR count). The Balaban J connectivity index is 2.38. The van der Waals surface area contributed by atoms with E-state index in [9.17, 15) is 9.18 Å². The number of aldehydes is 1. The van der Waals surface area contributed by atoms with Crippen molar-refractivity contribution in [3.63, 3.8) is 0 Å². The SMILES string of the molecule is O=Cc1ccc(-n2cc(F)cn2)nc1. The summed E-state index contributed by atoms with van der Waals surface area (Å²) >= 11 is 0. The fraction of sp³-hybridized carbons (Fsp3) is 0. The quantitative estimate of drug-likeness (QED) is 0.670. The van der Waals surface area contributed by atoms with Gasteiger partial charge >= 0.3 is 0 Å². The molecule has 0 fully saturated rings. The average molecular weight is 191 g/mol. The van der Waals surface area contributed by atoms with Crippen molar-refractivity contribution < 1.29 is 9.18 Å². The Hall–Kier alpha value is -2.04. The lowest BCUT2D eigenvalue weighted by Crippen LogP contribution is -1.97. The number of rotatable bonds is 2. The molecule has 14 heavy (non-hydrogen) atoms. The molecule has 0 aromatic carbocycles. The van der Waals surface area contributed by atoms with Gasteiger partial charge in [0.15, 0.2) is 17.9 Å². The maximum absolute atomic E-state index is 12.6. The molecule has 0 aliphatic carbocycles. The number of nitrogens with zero attached hydrogens (tertiary/aromatic N) is 3. The zero-order valence-electron chi connectivity index (χ0n) is 7.09. The van der Waals surface area contributed by atoms with Gasteiger partial charge in [-0.2, -0.15) is 5.10 Å². The first kappa shape index (κ1) is 8.55. The van der Waals surface area contributed by atoms with Crippen LogP contribution in [0.25, 0.3) is 5.82 Å². The smallest absolute Gasteiger partial charge is 0.161 e. The highest BCUT2D eigenvalue weighted by Gasteiger charge is 2.00. The molecule has 5 heteroatoms. The Morgan fingerprint density at radius 1 is 1.36 bits per heavy atom. The van der Waals surface area contributed by atoms with Crippen LogP contribution in [0.5, 0.6) is 0 Å². The van der Waals surface area contributed by atoms with E-state index in [0.717, 1.165) is 6.20 Å². The van der Waals surface area contributed by atoms with Gasteiger partial charge in [-0.05, 0) is 12.1 Å². The number of pyridine rings is 1. The minimum absolute atomic E-state index is 0.425. The second-order valence-electron chi connectivity index (χ2n) is 2.67. The Morgan fingerprint density at radius 3 is 2.71 bits per heavy atom. The molecule has 2 aromatic rings. The summed E-state index contributed by atoms with van der Waals surface area (Å²) in [5.41, 5.74) is 0.473. The summed E-state index contributed by atoms with van der Waals surface area (Å²) in [4.78, 5) is 14.3. The largest absolute Gasteiger partial charge is 0.298 e. The molecular formula is C9H6FN3O. The van der Waals surface area contributed by atoms with Crippen LogP contribution < -0.4 is 0 Å². The van der Waals surface area contributed by atoms with E-state index < -0.39 is 5.82 Å². The van der Waals surface area contributed by atoms with E-state index in [1.165, 1.54) is 17.1 Å². The number of hydrogen-bond donors (Lipinski definition) is 0. The Bertz CT molecular complexity index is 449. The molecule has 2 aromatic heterocycles. The molecular weight excluding hydrogens is 185 g/mol. The Morgan fingerprint density at radius 2 is 2.21 bits per heavy atom. The van der Waals surface area contributed by atoms with Crippen molar-refractivity contribution in [2.24, 2.45) is 0 Å². The first-order chi connectivity index (χ1) is 6.79. The Labute approximate surface area is 79.0 Å². The molecule has 0 spiro atoms. The first-order valence-corrected chi connectivity index (χ1v) is 3.91. The average Bonchev–Trinajstić information content (AvgIpc) is 2.65. The van der Waals surface area contributed by atoms with Gasteiger partial charge in [0.25, 0.3) is 0 Å². The third-order valence-corrected chi connectivity index (χ3v) is 1.69. The van der Waals surface area contributed by atoms with Crippen LogP contribution in [0.3, 0.4) is 0 Å². The Kier molecular flexibility index (Phi) is 2.06. The summed E-state index contributed by atoms with van der Waals surface area (Å²) in [5, 5.41) is 3.73. The molecule has 0 saturated heterocycles. The van der Waals surface area contributed by atoms with Crippen LogP contribution >= 0.6 is 0 Å². The highest BCUT2D eigenvalue weighted by molar-refractivity contribution is 5.74. The maximum Gasteiger partial charge on any atom is 0.161 e. The fourth-order valence-corrected chi connectivity index (χ4v) is 1.03. The molecule has 0 unspecified atom stereocenters. The van der Waals surface area contributed by atoms with Crippen LogP contribution in [0.2, 0.25) is 0 Å². The van der Waals surface area contributed by atoms with Gasteiger partial charge in [-0.3, -0.25) is 4.79 Å². The number of hydrogen-bond acceptors (Lipinski definition) is 3. The van der Waals surface area contributed by atoms with Crippen molar-refractivity contribution in [1.82, 2.24) is 14.8 Å². The third-order valence-electron chi connectivity index (χ3n) is 1.69. The van der Waals surface area contributed by atoms with Gasteiger partial charge in [-0.1, -0.05) is 0 Å². The minimum Gasteiger partial charge on any atom is -0.298 e. The molecule has 0 amide bonds. The van der Waals surface area contributed by atoms with Gasteiger partial charge < -0.3 is 0 Å². The molecule has 0 saturated carbocycles. The van der Waals surface area contributed by atoms with Crippen LogP contribution in [-0.4, -0.2) is 21.1 Å². The van der Waals surface area contributed by atoms with Crippen molar-refractivity contribution in [2.75, 3.05) is 0 Å². The maximum atomic E-state index is 12.6. The van der Waals surface area contributed by atoms with E-state index in [4.69, 9.17) is 0 Å². The fourth-order valence-electron chi connectivity index (χ4n) is 1.03. The topological polar surface area (TPSA) is 47.8 Å². The summed E-state index contributed by atoms with van der Waals surface area (Å²) in [6.45, 7) is 0. The molecule has 0 aliphatic rings. The molecule has 0 aliphatic heterocycles. The van der Waals surface area contributed by atoms with Gasteiger partial charge in [-0.25, -0.2) is 14.1 Å². The van der Waals surface area contributed by atoms with Crippen LogP contribution in [0, 0.1) is 5.82 Å². The third kappa shape index (κ3) is 1.52. The minimum atomic E-state index is -0.425. The van der Waals surface area contributed by atoms with Gasteiger partial charge in [0.1, 0.15) is 0 Å². The van der Waals surface area contributed by atoms with E-state index in [1.807, 2.05) is 0 Å². The highest BCUT2D eigenvalue weighted by Crippen LogP contribution is 2.04. The van der Waals surface area contributed by atoms with Gasteiger partial charge in [-0.15, -0.1) is 0 Å². The van der Waals surface area contributed by atoms with Crippen molar-refractivity contribution in [3.05, 3.63) is 42.1 Å². The van der Waals surface area contributed by atoms with E-state index in [1.54, 1.807) is 12.1 Å². The zero-order valence-corrected chi connectivity index (χ0v) is 7.09.